The van der Waals surface area contributed by atoms with Crippen LogP contribution in [0.25, 0.3) is 5.57 Å². The molecule has 8 heteroatoms. The van der Waals surface area contributed by atoms with Gasteiger partial charge in [-0.1, -0.05) is 11.6 Å². The number of allylic oxidation sites excluding steroid dienone is 3. The van der Waals surface area contributed by atoms with Crippen molar-refractivity contribution in [2.45, 2.75) is 32.7 Å². The Labute approximate surface area is 176 Å². The van der Waals surface area contributed by atoms with Gasteiger partial charge >= 0.3 is 6.03 Å². The Balaban J connectivity index is 1.76. The second kappa shape index (κ2) is 8.44. The molecule has 1 saturated heterocycles. The summed E-state index contributed by atoms with van der Waals surface area (Å²) in [5.41, 5.74) is 3.70. The van der Waals surface area contributed by atoms with Gasteiger partial charge in [-0.15, -0.1) is 5.10 Å². The smallest absolute Gasteiger partial charge is 0.329 e. The van der Waals surface area contributed by atoms with Crippen LogP contribution < -0.4 is 15.1 Å². The molecule has 154 valence electrons. The second-order valence-corrected chi connectivity index (χ2v) is 7.68. The summed E-state index contributed by atoms with van der Waals surface area (Å²) in [6.45, 7) is 9.38. The SMILES string of the molecule is C=N/C=C(\C=C(C)C)c1ccc2c(n1)N(C(=O)Nc1cccnn1)[C@H]1CCCN2C1. The van der Waals surface area contributed by atoms with E-state index in [4.69, 9.17) is 4.98 Å². The molecule has 0 radical (unpaired) electrons. The number of anilines is 3. The van der Waals surface area contributed by atoms with Gasteiger partial charge in [-0.05, 0) is 57.7 Å². The molecule has 1 N–H and O–H groups in total. The zero-order valence-corrected chi connectivity index (χ0v) is 17.2. The summed E-state index contributed by atoms with van der Waals surface area (Å²) in [5, 5.41) is 10.7. The number of nitrogens with one attached hydrogen (secondary N) is 1. The van der Waals surface area contributed by atoms with Gasteiger partial charge in [0, 0.05) is 31.1 Å². The van der Waals surface area contributed by atoms with E-state index >= 15 is 0 Å². The predicted molar refractivity (Wildman–Crippen MR) is 120 cm³/mol. The number of rotatable bonds is 4. The van der Waals surface area contributed by atoms with Gasteiger partial charge in [-0.3, -0.25) is 15.2 Å². The Bertz CT molecular complexity index is 1010. The first kappa shape index (κ1) is 19.8. The fourth-order valence-electron chi connectivity index (χ4n) is 3.97. The van der Waals surface area contributed by atoms with Crippen molar-refractivity contribution >= 4 is 35.6 Å². The fraction of sp³-hybridized carbons (Fsp3) is 0.318. The summed E-state index contributed by atoms with van der Waals surface area (Å²) < 4.78 is 0. The van der Waals surface area contributed by atoms with Gasteiger partial charge in [0.25, 0.3) is 0 Å². The van der Waals surface area contributed by atoms with Crippen molar-refractivity contribution < 1.29 is 4.79 Å². The van der Waals surface area contributed by atoms with Crippen molar-refractivity contribution in [2.24, 2.45) is 4.99 Å². The number of carbonyl (C=O) groups excluding carboxylic acids is 1. The first-order valence-electron chi connectivity index (χ1n) is 10.0. The lowest BCUT2D eigenvalue weighted by Crippen LogP contribution is -2.56. The molecule has 30 heavy (non-hydrogen) atoms. The van der Waals surface area contributed by atoms with Crippen LogP contribution in [0.3, 0.4) is 0 Å². The molecule has 0 aliphatic carbocycles. The summed E-state index contributed by atoms with van der Waals surface area (Å²) in [4.78, 5) is 26.2. The highest BCUT2D eigenvalue weighted by atomic mass is 16.2. The number of urea groups is 1. The lowest BCUT2D eigenvalue weighted by atomic mass is 9.99. The lowest BCUT2D eigenvalue weighted by Gasteiger charge is -2.45. The van der Waals surface area contributed by atoms with Crippen molar-refractivity contribution in [3.8, 4) is 0 Å². The van der Waals surface area contributed by atoms with E-state index in [2.05, 4.69) is 32.1 Å². The number of nitrogens with zero attached hydrogens (tertiary/aromatic N) is 6. The molecule has 1 fully saturated rings. The van der Waals surface area contributed by atoms with Crippen LogP contribution in [-0.4, -0.2) is 47.1 Å². The van der Waals surface area contributed by atoms with Crippen LogP contribution in [0.5, 0.6) is 0 Å². The van der Waals surface area contributed by atoms with Gasteiger partial charge in [-0.2, -0.15) is 5.10 Å². The minimum absolute atomic E-state index is 0.0547. The normalized spacial score (nSPS) is 17.8. The lowest BCUT2D eigenvalue weighted by molar-refractivity contribution is 0.252. The van der Waals surface area contributed by atoms with Crippen LogP contribution in [0.15, 0.2) is 53.3 Å². The third kappa shape index (κ3) is 3.94. The summed E-state index contributed by atoms with van der Waals surface area (Å²) in [5.74, 6) is 1.07. The summed E-state index contributed by atoms with van der Waals surface area (Å²) >= 11 is 0. The molecule has 0 aromatic carbocycles. The van der Waals surface area contributed by atoms with E-state index in [0.717, 1.165) is 48.5 Å². The van der Waals surface area contributed by atoms with Crippen molar-refractivity contribution in [2.75, 3.05) is 28.2 Å². The molecule has 4 heterocycles. The van der Waals surface area contributed by atoms with Crippen molar-refractivity contribution in [1.29, 1.82) is 0 Å². The Kier molecular flexibility index (Phi) is 5.56. The van der Waals surface area contributed by atoms with Gasteiger partial charge < -0.3 is 4.90 Å². The molecule has 0 saturated carbocycles. The van der Waals surface area contributed by atoms with E-state index in [-0.39, 0.29) is 12.1 Å². The maximum absolute atomic E-state index is 13.2. The van der Waals surface area contributed by atoms with Gasteiger partial charge in [0.2, 0.25) is 0 Å². The quantitative estimate of drug-likeness (QED) is 0.618. The molecule has 0 spiro atoms. The molecule has 2 bridgehead atoms. The first-order chi connectivity index (χ1) is 14.6. The molecular formula is C22H25N7O. The highest BCUT2D eigenvalue weighted by Crippen LogP contribution is 2.39. The molecule has 4 rings (SSSR count). The minimum Gasteiger partial charge on any atom is -0.366 e. The van der Waals surface area contributed by atoms with Crippen LogP contribution in [0.4, 0.5) is 22.1 Å². The molecular weight excluding hydrogens is 378 g/mol. The molecule has 2 aromatic rings. The van der Waals surface area contributed by atoms with Crippen LogP contribution in [-0.2, 0) is 0 Å². The van der Waals surface area contributed by atoms with E-state index in [1.54, 1.807) is 29.4 Å². The topological polar surface area (TPSA) is 86.6 Å². The standard InChI is InChI=1S/C22H25N7O/c1-15(2)12-16(13-23-3)18-8-9-19-21(25-18)29(17-6-5-11-28(19)14-17)22(30)26-20-7-4-10-24-27-20/h4,7-10,12-13,17H,3,5-6,11,14H2,1-2H3,(H,26,27,30)/b16-13+/t17-/m0/s1. The Hall–Kier alpha value is -3.55. The zero-order chi connectivity index (χ0) is 21.1. The van der Waals surface area contributed by atoms with Crippen LogP contribution in [0.2, 0.25) is 0 Å². The van der Waals surface area contributed by atoms with E-state index in [9.17, 15) is 4.79 Å². The molecule has 2 amide bonds. The Morgan fingerprint density at radius 2 is 2.20 bits per heavy atom. The number of hydrogen-bond donors (Lipinski definition) is 1. The molecule has 2 aromatic heterocycles. The number of aliphatic imine (C=N–C) groups is 1. The largest absolute Gasteiger partial charge is 0.366 e. The zero-order valence-electron chi connectivity index (χ0n) is 17.2. The van der Waals surface area contributed by atoms with E-state index in [0.29, 0.717) is 11.6 Å². The number of hydrogen-bond acceptors (Lipinski definition) is 6. The monoisotopic (exact) mass is 403 g/mol. The van der Waals surface area contributed by atoms with E-state index < -0.39 is 0 Å². The second-order valence-electron chi connectivity index (χ2n) is 7.68. The van der Waals surface area contributed by atoms with Gasteiger partial charge in [0.15, 0.2) is 11.6 Å². The van der Waals surface area contributed by atoms with Crippen molar-refractivity contribution in [3.05, 3.63) is 54.0 Å². The molecule has 8 nitrogen and oxygen atoms in total. The van der Waals surface area contributed by atoms with Gasteiger partial charge in [0.05, 0.1) is 17.4 Å². The Morgan fingerprint density at radius 1 is 1.33 bits per heavy atom. The first-order valence-corrected chi connectivity index (χ1v) is 10.0. The van der Waals surface area contributed by atoms with Gasteiger partial charge in [0.1, 0.15) is 0 Å². The summed E-state index contributed by atoms with van der Waals surface area (Å²) in [6, 6.07) is 7.28. The number of aromatic nitrogens is 3. The number of pyridine rings is 1. The average molecular weight is 403 g/mol. The Morgan fingerprint density at radius 3 is 2.93 bits per heavy atom. The number of amides is 2. The minimum atomic E-state index is -0.248. The number of fused-ring (bicyclic) bond motifs is 4. The molecule has 2 aliphatic heterocycles. The third-order valence-electron chi connectivity index (χ3n) is 5.18. The number of piperidine rings is 1. The summed E-state index contributed by atoms with van der Waals surface area (Å²) in [6.07, 6.45) is 7.24. The molecule has 1 atom stereocenters. The maximum Gasteiger partial charge on any atom is 0.329 e. The van der Waals surface area contributed by atoms with E-state index in [1.165, 1.54) is 0 Å². The van der Waals surface area contributed by atoms with E-state index in [1.807, 2.05) is 32.1 Å². The van der Waals surface area contributed by atoms with Crippen LogP contribution in [0.1, 0.15) is 32.4 Å². The molecule has 2 aliphatic rings. The highest BCUT2D eigenvalue weighted by Gasteiger charge is 2.38. The third-order valence-corrected chi connectivity index (χ3v) is 5.18. The molecule has 0 unspecified atom stereocenters. The van der Waals surface area contributed by atoms with Crippen LogP contribution >= 0.6 is 0 Å². The highest BCUT2D eigenvalue weighted by molar-refractivity contribution is 6.04. The van der Waals surface area contributed by atoms with Gasteiger partial charge in [-0.25, -0.2) is 9.78 Å². The average Bonchev–Trinajstić information content (AvgIpc) is 2.74. The summed E-state index contributed by atoms with van der Waals surface area (Å²) in [7, 11) is 0. The number of carbonyl (C=O) groups is 1. The van der Waals surface area contributed by atoms with Crippen molar-refractivity contribution in [1.82, 2.24) is 15.2 Å². The van der Waals surface area contributed by atoms with Crippen LogP contribution in [0, 0.1) is 0 Å². The predicted octanol–water partition coefficient (Wildman–Crippen LogP) is 3.90. The van der Waals surface area contributed by atoms with Crippen molar-refractivity contribution in [3.63, 3.8) is 0 Å². The maximum atomic E-state index is 13.2. The fourth-order valence-corrected chi connectivity index (χ4v) is 3.97.